The lowest BCUT2D eigenvalue weighted by Gasteiger charge is -2.19. The molecule has 2 aromatic carbocycles. The molecule has 1 fully saturated rings. The van der Waals surface area contributed by atoms with Crippen LogP contribution in [0.1, 0.15) is 11.1 Å². The molecule has 27 heavy (non-hydrogen) atoms. The van der Waals surface area contributed by atoms with Crippen molar-refractivity contribution in [2.24, 2.45) is 11.1 Å². The van der Waals surface area contributed by atoms with Crippen molar-refractivity contribution in [3.8, 4) is 5.75 Å². The first-order chi connectivity index (χ1) is 12.9. The summed E-state index contributed by atoms with van der Waals surface area (Å²) in [5.74, 6) is -1.32. The Bertz CT molecular complexity index is 990. The lowest BCUT2D eigenvalue weighted by molar-refractivity contribution is -0.126. The number of carbonyl (C=O) groups is 2. The predicted molar refractivity (Wildman–Crippen MR) is 104 cm³/mol. The summed E-state index contributed by atoms with van der Waals surface area (Å²) in [6.45, 7) is 1.79. The molecular formula is C19H14BrClN2O4. The Kier molecular flexibility index (Phi) is 4.44. The van der Waals surface area contributed by atoms with Gasteiger partial charge >= 0.3 is 0 Å². The van der Waals surface area contributed by atoms with Gasteiger partial charge in [-0.05, 0) is 30.7 Å². The number of hydrogen-bond acceptors (Lipinski definition) is 5. The first-order valence-electron chi connectivity index (χ1n) is 8.14. The van der Waals surface area contributed by atoms with Crippen LogP contribution in [-0.2, 0) is 14.4 Å². The average Bonchev–Trinajstić information content (AvgIpc) is 3.19. The van der Waals surface area contributed by atoms with E-state index >= 15 is 0 Å². The molecule has 0 N–H and O–H groups in total. The number of nitrogens with zero attached hydrogens (tertiary/aromatic N) is 2. The molecule has 2 heterocycles. The first kappa shape index (κ1) is 18.0. The predicted octanol–water partition coefficient (Wildman–Crippen LogP) is 3.71. The van der Waals surface area contributed by atoms with Gasteiger partial charge in [0.1, 0.15) is 17.4 Å². The molecule has 0 aliphatic carbocycles. The number of benzene rings is 2. The zero-order valence-electron chi connectivity index (χ0n) is 14.4. The minimum absolute atomic E-state index is 0.342. The van der Waals surface area contributed by atoms with Crippen LogP contribution in [0, 0.1) is 12.8 Å². The molecule has 1 saturated heterocycles. The van der Waals surface area contributed by atoms with E-state index in [2.05, 4.69) is 21.1 Å². The number of anilines is 1. The summed E-state index contributed by atoms with van der Waals surface area (Å²) >= 11 is 9.52. The summed E-state index contributed by atoms with van der Waals surface area (Å²) in [7, 11) is 1.46. The highest BCUT2D eigenvalue weighted by atomic mass is 79.9. The van der Waals surface area contributed by atoms with Gasteiger partial charge in [0.05, 0.1) is 12.8 Å². The highest BCUT2D eigenvalue weighted by molar-refractivity contribution is 9.10. The fraction of sp³-hybridized carbons (Fsp3) is 0.211. The van der Waals surface area contributed by atoms with Crippen molar-refractivity contribution in [3.05, 3.63) is 57.0 Å². The Balaban J connectivity index is 1.75. The van der Waals surface area contributed by atoms with Gasteiger partial charge in [-0.1, -0.05) is 44.8 Å². The second-order valence-electron chi connectivity index (χ2n) is 6.27. The number of hydrogen-bond donors (Lipinski definition) is 0. The van der Waals surface area contributed by atoms with Crippen molar-refractivity contribution in [3.63, 3.8) is 0 Å². The molecule has 138 valence electrons. The van der Waals surface area contributed by atoms with Crippen LogP contribution >= 0.6 is 27.5 Å². The molecule has 2 aliphatic rings. The van der Waals surface area contributed by atoms with Crippen LogP contribution in [0.3, 0.4) is 0 Å². The van der Waals surface area contributed by atoms with E-state index < -0.39 is 23.8 Å². The van der Waals surface area contributed by atoms with Gasteiger partial charge in [0, 0.05) is 21.1 Å². The maximum atomic E-state index is 13.2. The molecule has 2 amide bonds. The first-order valence-corrected chi connectivity index (χ1v) is 9.31. The summed E-state index contributed by atoms with van der Waals surface area (Å²) < 4.78 is 6.23. The number of amides is 2. The molecule has 6 nitrogen and oxygen atoms in total. The van der Waals surface area contributed by atoms with E-state index in [0.29, 0.717) is 22.2 Å². The number of aryl methyl sites for hydroxylation is 1. The molecule has 0 saturated carbocycles. The number of oxime groups is 1. The monoisotopic (exact) mass is 448 g/mol. The third-order valence-corrected chi connectivity index (χ3v) is 5.59. The Morgan fingerprint density at radius 3 is 2.56 bits per heavy atom. The summed E-state index contributed by atoms with van der Waals surface area (Å²) in [5, 5.41) is 4.49. The van der Waals surface area contributed by atoms with Crippen LogP contribution in [-0.4, -0.2) is 30.7 Å². The van der Waals surface area contributed by atoms with Gasteiger partial charge in [-0.25, -0.2) is 4.90 Å². The third-order valence-electron chi connectivity index (χ3n) is 4.65. The van der Waals surface area contributed by atoms with Gasteiger partial charge in [-0.3, -0.25) is 9.59 Å². The molecule has 2 aliphatic heterocycles. The van der Waals surface area contributed by atoms with Crippen molar-refractivity contribution in [2.45, 2.75) is 13.0 Å². The molecule has 0 bridgehead atoms. The minimum Gasteiger partial charge on any atom is -0.495 e. The summed E-state index contributed by atoms with van der Waals surface area (Å²) in [6.07, 6.45) is -0.975. The summed E-state index contributed by atoms with van der Waals surface area (Å²) in [4.78, 5) is 32.5. The minimum atomic E-state index is -0.975. The van der Waals surface area contributed by atoms with Crippen LogP contribution in [0.25, 0.3) is 0 Å². The maximum absolute atomic E-state index is 13.2. The molecule has 2 aromatic rings. The lowest BCUT2D eigenvalue weighted by atomic mass is 9.94. The number of fused-ring (bicyclic) bond motifs is 1. The highest BCUT2D eigenvalue weighted by Gasteiger charge is 2.56. The summed E-state index contributed by atoms with van der Waals surface area (Å²) in [5.41, 5.74) is 2.25. The van der Waals surface area contributed by atoms with Crippen molar-refractivity contribution in [1.82, 2.24) is 0 Å². The number of rotatable bonds is 3. The van der Waals surface area contributed by atoms with Gasteiger partial charge in [0.25, 0.3) is 5.91 Å². The SMILES string of the molecule is COc1cc(Cl)c(C)cc1N1C(=O)[C@@H]2C(c3ccc(Br)cc3)=NO[C@H]2C1=O. The van der Waals surface area contributed by atoms with E-state index in [4.69, 9.17) is 21.2 Å². The van der Waals surface area contributed by atoms with Gasteiger partial charge in [0.2, 0.25) is 12.0 Å². The number of halogens is 2. The van der Waals surface area contributed by atoms with E-state index in [1.54, 1.807) is 19.1 Å². The second-order valence-corrected chi connectivity index (χ2v) is 7.60. The van der Waals surface area contributed by atoms with Crippen LogP contribution in [0.5, 0.6) is 5.75 Å². The Labute approximate surface area is 168 Å². The van der Waals surface area contributed by atoms with Crippen molar-refractivity contribution >= 4 is 50.7 Å². The largest absolute Gasteiger partial charge is 0.495 e. The van der Waals surface area contributed by atoms with Gasteiger partial charge < -0.3 is 9.57 Å². The molecular weight excluding hydrogens is 436 g/mol. The highest BCUT2D eigenvalue weighted by Crippen LogP contribution is 2.40. The van der Waals surface area contributed by atoms with Crippen LogP contribution in [0.15, 0.2) is 46.0 Å². The number of methoxy groups -OCH3 is 1. The molecule has 8 heteroatoms. The van der Waals surface area contributed by atoms with Crippen LogP contribution < -0.4 is 9.64 Å². The van der Waals surface area contributed by atoms with Gasteiger partial charge in [-0.15, -0.1) is 0 Å². The van der Waals surface area contributed by atoms with Crippen molar-refractivity contribution in [2.75, 3.05) is 12.0 Å². The van der Waals surface area contributed by atoms with E-state index in [1.165, 1.54) is 7.11 Å². The molecule has 0 radical (unpaired) electrons. The van der Waals surface area contributed by atoms with Gasteiger partial charge in [0.15, 0.2) is 0 Å². The van der Waals surface area contributed by atoms with Crippen LogP contribution in [0.2, 0.25) is 5.02 Å². The second kappa shape index (κ2) is 6.65. The fourth-order valence-electron chi connectivity index (χ4n) is 3.26. The quantitative estimate of drug-likeness (QED) is 0.670. The Morgan fingerprint density at radius 1 is 1.19 bits per heavy atom. The maximum Gasteiger partial charge on any atom is 0.279 e. The normalized spacial score (nSPS) is 21.2. The average molecular weight is 450 g/mol. The molecule has 4 rings (SSSR count). The number of ether oxygens (including phenoxy) is 1. The Hall–Kier alpha value is -2.38. The molecule has 0 unspecified atom stereocenters. The standard InChI is InChI=1S/C19H14BrClN2O4/c1-9-7-13(14(26-2)8-12(9)21)23-18(24)15-16(22-27-17(15)19(23)25)10-3-5-11(20)6-4-10/h3-8,15,17H,1-2H3/t15-,17-/m1/s1. The molecule has 0 spiro atoms. The zero-order chi connectivity index (χ0) is 19.3. The topological polar surface area (TPSA) is 68.2 Å². The van der Waals surface area contributed by atoms with E-state index in [1.807, 2.05) is 24.3 Å². The molecule has 0 aromatic heterocycles. The smallest absolute Gasteiger partial charge is 0.279 e. The number of imide groups is 1. The molecule has 2 atom stereocenters. The van der Waals surface area contributed by atoms with Crippen LogP contribution in [0.4, 0.5) is 5.69 Å². The van der Waals surface area contributed by atoms with E-state index in [-0.39, 0.29) is 0 Å². The van der Waals surface area contributed by atoms with E-state index in [0.717, 1.165) is 20.5 Å². The Morgan fingerprint density at radius 2 is 1.89 bits per heavy atom. The number of carbonyl (C=O) groups excluding carboxylic acids is 2. The van der Waals surface area contributed by atoms with Gasteiger partial charge in [-0.2, -0.15) is 0 Å². The van der Waals surface area contributed by atoms with E-state index in [9.17, 15) is 9.59 Å². The fourth-order valence-corrected chi connectivity index (χ4v) is 3.68. The third kappa shape index (κ3) is 2.82. The van der Waals surface area contributed by atoms with Crippen molar-refractivity contribution in [1.29, 1.82) is 0 Å². The zero-order valence-corrected chi connectivity index (χ0v) is 16.7. The summed E-state index contributed by atoms with van der Waals surface area (Å²) in [6, 6.07) is 10.6. The van der Waals surface area contributed by atoms with Crippen molar-refractivity contribution < 1.29 is 19.2 Å². The lowest BCUT2D eigenvalue weighted by Crippen LogP contribution is -2.33.